The van der Waals surface area contributed by atoms with Crippen LogP contribution >= 0.6 is 0 Å². The lowest BCUT2D eigenvalue weighted by atomic mass is 10.0. The number of sulfonamides is 1. The molecule has 2 atom stereocenters. The predicted molar refractivity (Wildman–Crippen MR) is 99.6 cm³/mol. The van der Waals surface area contributed by atoms with Gasteiger partial charge < -0.3 is 9.72 Å². The van der Waals surface area contributed by atoms with Crippen LogP contribution in [0.3, 0.4) is 0 Å². The number of halogens is 1. The number of aryl methyl sites for hydroxylation is 2. The highest BCUT2D eigenvalue weighted by atomic mass is 32.2. The summed E-state index contributed by atoms with van der Waals surface area (Å²) < 4.78 is 49.8. The second kappa shape index (κ2) is 6.10. The minimum Gasteiger partial charge on any atom is -0.376 e. The van der Waals surface area contributed by atoms with Crippen LogP contribution < -0.4 is 0 Å². The highest BCUT2D eigenvalue weighted by molar-refractivity contribution is 7.89. The van der Waals surface area contributed by atoms with Crippen LogP contribution in [0.2, 0.25) is 0 Å². The average molecular weight is 405 g/mol. The van der Waals surface area contributed by atoms with Crippen LogP contribution in [0.25, 0.3) is 22.3 Å². The Morgan fingerprint density at radius 1 is 1.32 bits per heavy atom. The molecule has 2 unspecified atom stereocenters. The van der Waals surface area contributed by atoms with Crippen molar-refractivity contribution in [2.45, 2.75) is 36.9 Å². The molecule has 2 saturated heterocycles. The molecule has 2 aromatic heterocycles. The van der Waals surface area contributed by atoms with Gasteiger partial charge in [-0.3, -0.25) is 4.68 Å². The van der Waals surface area contributed by atoms with Crippen molar-refractivity contribution in [3.05, 3.63) is 29.8 Å². The van der Waals surface area contributed by atoms with Crippen LogP contribution in [-0.2, 0) is 21.8 Å². The van der Waals surface area contributed by atoms with E-state index in [1.54, 1.807) is 25.0 Å². The van der Waals surface area contributed by atoms with Crippen LogP contribution in [0, 0.1) is 12.7 Å². The molecule has 148 valence electrons. The van der Waals surface area contributed by atoms with E-state index in [4.69, 9.17) is 4.74 Å². The maximum absolute atomic E-state index is 14.6. The molecule has 28 heavy (non-hydrogen) atoms. The quantitative estimate of drug-likeness (QED) is 0.719. The minimum atomic E-state index is -3.79. The predicted octanol–water partition coefficient (Wildman–Crippen LogP) is 1.96. The van der Waals surface area contributed by atoms with Gasteiger partial charge in [-0.05, 0) is 37.5 Å². The van der Waals surface area contributed by atoms with E-state index in [-0.39, 0.29) is 22.7 Å². The van der Waals surface area contributed by atoms with Gasteiger partial charge in [-0.15, -0.1) is 0 Å². The van der Waals surface area contributed by atoms with E-state index in [2.05, 4.69) is 15.1 Å². The molecule has 4 heterocycles. The molecule has 8 nitrogen and oxygen atoms in total. The molecule has 10 heteroatoms. The Hall–Kier alpha value is -2.30. The first kappa shape index (κ1) is 17.8. The van der Waals surface area contributed by atoms with E-state index >= 15 is 0 Å². The Bertz CT molecular complexity index is 1190. The summed E-state index contributed by atoms with van der Waals surface area (Å²) in [6.07, 6.45) is 2.87. The van der Waals surface area contributed by atoms with Gasteiger partial charge in [0.05, 0.1) is 17.7 Å². The second-order valence-electron chi connectivity index (χ2n) is 7.38. The van der Waals surface area contributed by atoms with E-state index in [0.29, 0.717) is 48.3 Å². The summed E-state index contributed by atoms with van der Waals surface area (Å²) in [6.45, 7) is 2.73. The third-order valence-electron chi connectivity index (χ3n) is 5.63. The largest absolute Gasteiger partial charge is 0.376 e. The van der Waals surface area contributed by atoms with E-state index < -0.39 is 15.8 Å². The van der Waals surface area contributed by atoms with Gasteiger partial charge in [-0.1, -0.05) is 0 Å². The van der Waals surface area contributed by atoms with Crippen molar-refractivity contribution in [2.75, 3.05) is 13.2 Å². The first-order valence-corrected chi connectivity index (χ1v) is 10.6. The van der Waals surface area contributed by atoms with Crippen molar-refractivity contribution in [2.24, 2.45) is 7.05 Å². The smallest absolute Gasteiger partial charge is 0.258 e. The van der Waals surface area contributed by atoms with Crippen molar-refractivity contribution >= 4 is 20.9 Å². The Labute approximate surface area is 161 Å². The SMILES string of the molecule is Cc1cc(F)c2[nH]c(S(=O)(=O)N3CCC4OCCC43)cc2c1-c1ncn(C)n1. The van der Waals surface area contributed by atoms with Gasteiger partial charge in [0, 0.05) is 31.1 Å². The Balaban J connectivity index is 1.67. The molecule has 3 aromatic rings. The van der Waals surface area contributed by atoms with E-state index in [1.165, 1.54) is 16.4 Å². The molecule has 1 aromatic carbocycles. The highest BCUT2D eigenvalue weighted by Gasteiger charge is 2.45. The number of nitrogens with zero attached hydrogens (tertiary/aromatic N) is 4. The van der Waals surface area contributed by atoms with Gasteiger partial charge in [0.25, 0.3) is 10.0 Å². The normalized spacial score (nSPS) is 23.0. The van der Waals surface area contributed by atoms with E-state index in [0.717, 1.165) is 0 Å². The fourth-order valence-corrected chi connectivity index (χ4v) is 6.03. The summed E-state index contributed by atoms with van der Waals surface area (Å²) in [7, 11) is -2.05. The monoisotopic (exact) mass is 405 g/mol. The van der Waals surface area contributed by atoms with Crippen molar-refractivity contribution < 1.29 is 17.5 Å². The van der Waals surface area contributed by atoms with Crippen molar-refractivity contribution in [3.8, 4) is 11.4 Å². The van der Waals surface area contributed by atoms with Crippen molar-refractivity contribution in [3.63, 3.8) is 0 Å². The molecule has 0 radical (unpaired) electrons. The third kappa shape index (κ3) is 2.51. The molecule has 5 rings (SSSR count). The molecule has 1 N–H and O–H groups in total. The average Bonchev–Trinajstić information content (AvgIpc) is 3.37. The fraction of sp³-hybridized carbons (Fsp3) is 0.444. The molecule has 2 aliphatic rings. The first-order chi connectivity index (χ1) is 13.4. The third-order valence-corrected chi connectivity index (χ3v) is 7.47. The lowest BCUT2D eigenvalue weighted by molar-refractivity contribution is 0.110. The summed E-state index contributed by atoms with van der Waals surface area (Å²) in [4.78, 5) is 7.06. The highest BCUT2D eigenvalue weighted by Crippen LogP contribution is 2.37. The van der Waals surface area contributed by atoms with Crippen molar-refractivity contribution in [1.82, 2.24) is 24.1 Å². The summed E-state index contributed by atoms with van der Waals surface area (Å²) in [5.74, 6) is -0.0736. The first-order valence-electron chi connectivity index (χ1n) is 9.17. The zero-order valence-corrected chi connectivity index (χ0v) is 16.3. The lowest BCUT2D eigenvalue weighted by Gasteiger charge is -2.21. The molecule has 2 aliphatic heterocycles. The van der Waals surface area contributed by atoms with E-state index in [1.807, 2.05) is 0 Å². The lowest BCUT2D eigenvalue weighted by Crippen LogP contribution is -2.37. The number of hydrogen-bond acceptors (Lipinski definition) is 5. The maximum atomic E-state index is 14.6. The van der Waals surface area contributed by atoms with Crippen LogP contribution in [0.5, 0.6) is 0 Å². The Morgan fingerprint density at radius 2 is 2.14 bits per heavy atom. The second-order valence-corrected chi connectivity index (χ2v) is 9.24. The number of aromatic nitrogens is 4. The topological polar surface area (TPSA) is 93.1 Å². The van der Waals surface area contributed by atoms with Crippen LogP contribution in [0.15, 0.2) is 23.5 Å². The summed E-state index contributed by atoms with van der Waals surface area (Å²) in [5, 5.41) is 4.75. The molecular weight excluding hydrogens is 385 g/mol. The Morgan fingerprint density at radius 3 is 2.89 bits per heavy atom. The van der Waals surface area contributed by atoms with Crippen LogP contribution in [0.4, 0.5) is 4.39 Å². The zero-order chi connectivity index (χ0) is 19.6. The summed E-state index contributed by atoms with van der Waals surface area (Å²) in [6, 6.07) is 2.72. The van der Waals surface area contributed by atoms with E-state index in [9.17, 15) is 12.8 Å². The van der Waals surface area contributed by atoms with Crippen LogP contribution in [0.1, 0.15) is 18.4 Å². The number of H-pyrrole nitrogens is 1. The van der Waals surface area contributed by atoms with Gasteiger partial charge in [0.15, 0.2) is 5.82 Å². The molecule has 0 saturated carbocycles. The fourth-order valence-electron chi connectivity index (χ4n) is 4.34. The van der Waals surface area contributed by atoms with Gasteiger partial charge >= 0.3 is 0 Å². The molecule has 0 amide bonds. The van der Waals surface area contributed by atoms with Crippen LogP contribution in [-0.4, -0.2) is 57.8 Å². The Kier molecular flexibility index (Phi) is 3.87. The zero-order valence-electron chi connectivity index (χ0n) is 15.5. The van der Waals surface area contributed by atoms with Crippen molar-refractivity contribution in [1.29, 1.82) is 0 Å². The van der Waals surface area contributed by atoms with Gasteiger partial charge in [0.2, 0.25) is 0 Å². The molecule has 2 fully saturated rings. The summed E-state index contributed by atoms with van der Waals surface area (Å²) in [5.41, 5.74) is 1.41. The minimum absolute atomic E-state index is 0.0169. The molecule has 0 spiro atoms. The molecule has 0 aliphatic carbocycles. The number of aromatic amines is 1. The summed E-state index contributed by atoms with van der Waals surface area (Å²) >= 11 is 0. The number of benzene rings is 1. The van der Waals surface area contributed by atoms with Gasteiger partial charge in [-0.2, -0.15) is 9.40 Å². The number of rotatable bonds is 3. The molecule has 0 bridgehead atoms. The number of hydrogen-bond donors (Lipinski definition) is 1. The maximum Gasteiger partial charge on any atom is 0.258 e. The molecular formula is C18H20FN5O3S. The number of ether oxygens (including phenoxy) is 1. The van der Waals surface area contributed by atoms with Gasteiger partial charge in [0.1, 0.15) is 17.2 Å². The standard InChI is InChI=1S/C18H20FN5O3S/c1-10-7-12(19)17-11(16(10)18-20-9-23(2)22-18)8-15(21-17)28(25,26)24-5-3-14-13(24)4-6-27-14/h7-9,13-14,21H,3-6H2,1-2H3. The van der Waals surface area contributed by atoms with Gasteiger partial charge in [-0.25, -0.2) is 17.8 Å². The number of nitrogens with one attached hydrogen (secondary N) is 1. The number of fused-ring (bicyclic) bond motifs is 2.